The average Bonchev–Trinajstić information content (AvgIpc) is 2.93. The van der Waals surface area contributed by atoms with Gasteiger partial charge < -0.3 is 10.2 Å². The van der Waals surface area contributed by atoms with E-state index in [0.29, 0.717) is 23.3 Å². The molecule has 0 amide bonds. The van der Waals surface area contributed by atoms with Gasteiger partial charge in [-0.25, -0.2) is 9.97 Å². The average molecular weight is 322 g/mol. The monoisotopic (exact) mass is 321 g/mol. The Morgan fingerprint density at radius 2 is 2.16 bits per heavy atom. The molecule has 2 unspecified atom stereocenters. The standard InChI is InChI=1S/C14H16BrN3O/c1-3-9-12(15)13(16)18-14(17-9)11-5-4-10(19-11)8-6-7(8)2/h4-5,7-8H,3,6H2,1-2H3,(H2,16,17,18). The van der Waals surface area contributed by atoms with Gasteiger partial charge in [0, 0.05) is 5.92 Å². The van der Waals surface area contributed by atoms with E-state index in [1.54, 1.807) is 0 Å². The third kappa shape index (κ3) is 2.27. The van der Waals surface area contributed by atoms with Gasteiger partial charge in [0.05, 0.1) is 10.2 Å². The molecule has 0 bridgehead atoms. The predicted molar refractivity (Wildman–Crippen MR) is 77.7 cm³/mol. The molecular weight excluding hydrogens is 306 g/mol. The largest absolute Gasteiger partial charge is 0.457 e. The number of nitrogens with two attached hydrogens (primary N) is 1. The molecule has 0 saturated heterocycles. The van der Waals surface area contributed by atoms with Crippen molar-refractivity contribution in [2.75, 3.05) is 5.73 Å². The molecule has 1 saturated carbocycles. The second-order valence-corrected chi connectivity index (χ2v) is 5.86. The van der Waals surface area contributed by atoms with Crippen LogP contribution in [0.4, 0.5) is 5.82 Å². The number of hydrogen-bond acceptors (Lipinski definition) is 4. The minimum Gasteiger partial charge on any atom is -0.457 e. The summed E-state index contributed by atoms with van der Waals surface area (Å²) in [4.78, 5) is 8.79. The molecule has 3 rings (SSSR count). The lowest BCUT2D eigenvalue weighted by Crippen LogP contribution is -2.01. The Morgan fingerprint density at radius 1 is 1.42 bits per heavy atom. The molecule has 100 valence electrons. The van der Waals surface area contributed by atoms with Crippen LogP contribution in [0.3, 0.4) is 0 Å². The molecule has 1 fully saturated rings. The van der Waals surface area contributed by atoms with Gasteiger partial charge in [-0.2, -0.15) is 0 Å². The first kappa shape index (κ1) is 12.7. The van der Waals surface area contributed by atoms with Crippen molar-refractivity contribution in [3.63, 3.8) is 0 Å². The molecule has 1 aliphatic carbocycles. The van der Waals surface area contributed by atoms with Gasteiger partial charge in [-0.05, 0) is 46.8 Å². The molecule has 2 heterocycles. The van der Waals surface area contributed by atoms with Crippen LogP contribution >= 0.6 is 15.9 Å². The Morgan fingerprint density at radius 3 is 2.79 bits per heavy atom. The molecule has 2 atom stereocenters. The lowest BCUT2D eigenvalue weighted by atomic mass is 10.2. The van der Waals surface area contributed by atoms with Crippen LogP contribution in [0.25, 0.3) is 11.6 Å². The number of aryl methyl sites for hydroxylation is 1. The second kappa shape index (κ2) is 4.63. The van der Waals surface area contributed by atoms with Gasteiger partial charge in [0.25, 0.3) is 0 Å². The van der Waals surface area contributed by atoms with Crippen molar-refractivity contribution in [1.82, 2.24) is 9.97 Å². The van der Waals surface area contributed by atoms with Crippen LogP contribution in [-0.4, -0.2) is 9.97 Å². The maximum absolute atomic E-state index is 5.90. The summed E-state index contributed by atoms with van der Waals surface area (Å²) in [6.45, 7) is 4.27. The highest BCUT2D eigenvalue weighted by molar-refractivity contribution is 9.10. The molecule has 0 spiro atoms. The molecule has 2 N–H and O–H groups in total. The van der Waals surface area contributed by atoms with Gasteiger partial charge in [0.15, 0.2) is 11.6 Å². The van der Waals surface area contributed by atoms with Gasteiger partial charge in [-0.15, -0.1) is 0 Å². The molecule has 0 radical (unpaired) electrons. The minimum atomic E-state index is 0.458. The van der Waals surface area contributed by atoms with Crippen LogP contribution < -0.4 is 5.73 Å². The van der Waals surface area contributed by atoms with E-state index in [4.69, 9.17) is 10.2 Å². The highest BCUT2D eigenvalue weighted by Crippen LogP contribution is 2.47. The van der Waals surface area contributed by atoms with Crippen LogP contribution in [0.5, 0.6) is 0 Å². The van der Waals surface area contributed by atoms with E-state index in [1.807, 2.05) is 19.1 Å². The van der Waals surface area contributed by atoms with Crippen molar-refractivity contribution in [1.29, 1.82) is 0 Å². The normalized spacial score (nSPS) is 21.6. The summed E-state index contributed by atoms with van der Waals surface area (Å²) in [5.74, 6) is 4.04. The van der Waals surface area contributed by atoms with E-state index < -0.39 is 0 Å². The van der Waals surface area contributed by atoms with Gasteiger partial charge in [0.1, 0.15) is 11.6 Å². The van der Waals surface area contributed by atoms with Gasteiger partial charge >= 0.3 is 0 Å². The zero-order valence-electron chi connectivity index (χ0n) is 11.0. The van der Waals surface area contributed by atoms with E-state index in [9.17, 15) is 0 Å². The molecule has 2 aromatic rings. The molecular formula is C14H16BrN3O. The van der Waals surface area contributed by atoms with Gasteiger partial charge in [-0.3, -0.25) is 0 Å². The Kier molecular flexibility index (Phi) is 3.09. The summed E-state index contributed by atoms with van der Waals surface area (Å²) >= 11 is 3.41. The Balaban J connectivity index is 1.97. The number of aromatic nitrogens is 2. The number of anilines is 1. The zero-order chi connectivity index (χ0) is 13.6. The maximum Gasteiger partial charge on any atom is 0.197 e. The molecule has 2 aromatic heterocycles. The summed E-state index contributed by atoms with van der Waals surface area (Å²) in [5, 5.41) is 0. The number of furan rings is 1. The van der Waals surface area contributed by atoms with Crippen molar-refractivity contribution >= 4 is 21.7 Å². The second-order valence-electron chi connectivity index (χ2n) is 5.07. The quantitative estimate of drug-likeness (QED) is 0.934. The van der Waals surface area contributed by atoms with Crippen LogP contribution in [-0.2, 0) is 6.42 Å². The fraction of sp³-hybridized carbons (Fsp3) is 0.429. The van der Waals surface area contributed by atoms with Gasteiger partial charge in [0.2, 0.25) is 0 Å². The molecule has 4 nitrogen and oxygen atoms in total. The lowest BCUT2D eigenvalue weighted by Gasteiger charge is -2.05. The smallest absolute Gasteiger partial charge is 0.197 e. The fourth-order valence-corrected chi connectivity index (χ4v) is 2.71. The predicted octanol–water partition coefficient (Wildman–Crippen LogP) is 3.77. The number of nitrogens with zero attached hydrogens (tertiary/aromatic N) is 2. The third-order valence-corrected chi connectivity index (χ3v) is 4.47. The topological polar surface area (TPSA) is 64.9 Å². The van der Waals surface area contributed by atoms with Crippen LogP contribution in [0.2, 0.25) is 0 Å². The highest BCUT2D eigenvalue weighted by Gasteiger charge is 2.36. The van der Waals surface area contributed by atoms with Crippen LogP contribution in [0.15, 0.2) is 21.0 Å². The summed E-state index contributed by atoms with van der Waals surface area (Å²) in [7, 11) is 0. The fourth-order valence-electron chi connectivity index (χ4n) is 2.25. The Hall–Kier alpha value is -1.36. The van der Waals surface area contributed by atoms with Crippen molar-refractivity contribution < 1.29 is 4.42 Å². The molecule has 5 heteroatoms. The van der Waals surface area contributed by atoms with Crippen molar-refractivity contribution in [2.24, 2.45) is 5.92 Å². The number of halogens is 1. The summed E-state index contributed by atoms with van der Waals surface area (Å²) in [6.07, 6.45) is 2.00. The number of rotatable bonds is 3. The van der Waals surface area contributed by atoms with E-state index in [-0.39, 0.29) is 0 Å². The van der Waals surface area contributed by atoms with Crippen molar-refractivity contribution in [3.05, 3.63) is 28.1 Å². The first-order valence-corrected chi connectivity index (χ1v) is 7.31. The molecule has 0 aromatic carbocycles. The van der Waals surface area contributed by atoms with Crippen LogP contribution in [0.1, 0.15) is 37.6 Å². The van der Waals surface area contributed by atoms with E-state index in [0.717, 1.165) is 28.3 Å². The molecule has 1 aliphatic rings. The minimum absolute atomic E-state index is 0.458. The van der Waals surface area contributed by atoms with Gasteiger partial charge in [-0.1, -0.05) is 13.8 Å². The third-order valence-electron chi connectivity index (χ3n) is 3.60. The van der Waals surface area contributed by atoms with E-state index in [2.05, 4.69) is 32.8 Å². The highest BCUT2D eigenvalue weighted by atomic mass is 79.9. The Labute approximate surface area is 120 Å². The summed E-state index contributed by atoms with van der Waals surface area (Å²) in [5.41, 5.74) is 6.80. The van der Waals surface area contributed by atoms with E-state index in [1.165, 1.54) is 6.42 Å². The molecule has 0 aliphatic heterocycles. The maximum atomic E-state index is 5.90. The Bertz CT molecular complexity index is 623. The molecule has 19 heavy (non-hydrogen) atoms. The van der Waals surface area contributed by atoms with Crippen LogP contribution in [0, 0.1) is 5.92 Å². The summed E-state index contributed by atoms with van der Waals surface area (Å²) < 4.78 is 6.64. The first-order valence-electron chi connectivity index (χ1n) is 6.52. The SMILES string of the molecule is CCc1nc(-c2ccc(C3CC3C)o2)nc(N)c1Br. The zero-order valence-corrected chi connectivity index (χ0v) is 12.6. The first-order chi connectivity index (χ1) is 9.10. The van der Waals surface area contributed by atoms with Crippen molar-refractivity contribution in [2.45, 2.75) is 32.6 Å². The summed E-state index contributed by atoms with van der Waals surface area (Å²) in [6, 6.07) is 3.96. The lowest BCUT2D eigenvalue weighted by molar-refractivity contribution is 0.514. The van der Waals surface area contributed by atoms with E-state index >= 15 is 0 Å². The number of hydrogen-bond donors (Lipinski definition) is 1. The number of nitrogen functional groups attached to an aromatic ring is 1. The van der Waals surface area contributed by atoms with Crippen molar-refractivity contribution in [3.8, 4) is 11.6 Å².